The number of rotatable bonds is 4. The van der Waals surface area contributed by atoms with Crippen molar-refractivity contribution in [1.82, 2.24) is 19.8 Å². The molecule has 28 heavy (non-hydrogen) atoms. The van der Waals surface area contributed by atoms with Crippen molar-refractivity contribution in [2.75, 3.05) is 0 Å². The molecule has 0 atom stereocenters. The summed E-state index contributed by atoms with van der Waals surface area (Å²) >= 11 is 1.43. The van der Waals surface area contributed by atoms with Crippen molar-refractivity contribution in [1.29, 1.82) is 0 Å². The molecule has 0 spiro atoms. The van der Waals surface area contributed by atoms with Crippen molar-refractivity contribution in [2.45, 2.75) is 13.3 Å². The first-order valence-electron chi connectivity index (χ1n) is 8.53. The molecule has 5 rings (SSSR count). The molecule has 0 bridgehead atoms. The number of nitro benzene ring substituents is 1. The van der Waals surface area contributed by atoms with Gasteiger partial charge in [-0.1, -0.05) is 41.7 Å². The number of aryl methyl sites for hydroxylation is 1. The highest BCUT2D eigenvalue weighted by molar-refractivity contribution is 7.16. The third-order valence-electron chi connectivity index (χ3n) is 4.58. The van der Waals surface area contributed by atoms with E-state index in [4.69, 9.17) is 4.42 Å². The molecule has 3 aromatic heterocycles. The van der Waals surface area contributed by atoms with Gasteiger partial charge in [0.2, 0.25) is 10.8 Å². The molecule has 0 saturated heterocycles. The minimum absolute atomic E-state index is 0.0736. The minimum Gasteiger partial charge on any atom is -0.452 e. The first kappa shape index (κ1) is 16.6. The van der Waals surface area contributed by atoms with Crippen LogP contribution in [0.15, 0.2) is 52.9 Å². The molecule has 0 radical (unpaired) electrons. The normalized spacial score (nSPS) is 11.5. The molecule has 0 aliphatic rings. The van der Waals surface area contributed by atoms with Crippen molar-refractivity contribution < 1.29 is 9.34 Å². The number of hydrogen-bond acceptors (Lipinski definition) is 7. The molecule has 0 saturated carbocycles. The molecule has 0 unspecified atom stereocenters. The Morgan fingerprint density at radius 2 is 1.93 bits per heavy atom. The van der Waals surface area contributed by atoms with Gasteiger partial charge in [-0.15, -0.1) is 10.2 Å². The lowest BCUT2D eigenvalue weighted by molar-refractivity contribution is -0.384. The van der Waals surface area contributed by atoms with E-state index >= 15 is 0 Å². The van der Waals surface area contributed by atoms with Crippen LogP contribution in [0, 0.1) is 17.0 Å². The lowest BCUT2D eigenvalue weighted by Crippen LogP contribution is -1.94. The Morgan fingerprint density at radius 1 is 1.14 bits per heavy atom. The number of benzene rings is 2. The number of nitrogens with zero attached hydrogens (tertiary/aromatic N) is 5. The maximum absolute atomic E-state index is 10.8. The van der Waals surface area contributed by atoms with Gasteiger partial charge in [0.25, 0.3) is 5.69 Å². The Labute approximate surface area is 162 Å². The van der Waals surface area contributed by atoms with Gasteiger partial charge in [0.1, 0.15) is 10.6 Å². The number of aromatic nitrogens is 4. The Morgan fingerprint density at radius 3 is 2.68 bits per heavy atom. The highest BCUT2D eigenvalue weighted by Gasteiger charge is 2.20. The molecule has 9 heteroatoms. The van der Waals surface area contributed by atoms with Crippen molar-refractivity contribution in [3.63, 3.8) is 0 Å². The van der Waals surface area contributed by atoms with Crippen LogP contribution in [-0.2, 0) is 6.42 Å². The second-order valence-corrected chi connectivity index (χ2v) is 7.41. The average Bonchev–Trinajstić information content (AvgIpc) is 3.35. The van der Waals surface area contributed by atoms with E-state index in [-0.39, 0.29) is 5.69 Å². The fourth-order valence-corrected chi connectivity index (χ4v) is 4.03. The zero-order valence-electron chi connectivity index (χ0n) is 14.7. The SMILES string of the molecule is Cc1c(-c2nnc3sc(Cc4ccc([N+](=O)[O-])cc4)nn23)oc2ccccc12. The van der Waals surface area contributed by atoms with Crippen LogP contribution in [0.2, 0.25) is 0 Å². The van der Waals surface area contributed by atoms with E-state index < -0.39 is 4.92 Å². The number of fused-ring (bicyclic) bond motifs is 2. The van der Waals surface area contributed by atoms with E-state index in [0.29, 0.717) is 23.0 Å². The molecular weight excluding hydrogens is 378 g/mol. The number of furan rings is 1. The van der Waals surface area contributed by atoms with Gasteiger partial charge in [-0.3, -0.25) is 10.1 Å². The number of nitro groups is 1. The summed E-state index contributed by atoms with van der Waals surface area (Å²) in [5.74, 6) is 1.22. The van der Waals surface area contributed by atoms with Gasteiger partial charge in [0.15, 0.2) is 5.76 Å². The van der Waals surface area contributed by atoms with E-state index in [0.717, 1.165) is 27.1 Å². The van der Waals surface area contributed by atoms with E-state index in [1.807, 2.05) is 31.2 Å². The van der Waals surface area contributed by atoms with Crippen LogP contribution in [0.25, 0.3) is 27.5 Å². The summed E-state index contributed by atoms with van der Waals surface area (Å²) in [5, 5.41) is 25.8. The molecule has 138 valence electrons. The van der Waals surface area contributed by atoms with Crippen LogP contribution < -0.4 is 0 Å². The Balaban J connectivity index is 1.51. The summed E-state index contributed by atoms with van der Waals surface area (Å²) in [4.78, 5) is 11.1. The Bertz CT molecular complexity index is 1330. The summed E-state index contributed by atoms with van der Waals surface area (Å²) < 4.78 is 7.68. The molecule has 0 amide bonds. The standard InChI is InChI=1S/C19H13N5O3S/c1-11-14-4-2-3-5-15(14)27-17(11)18-20-21-19-23(18)22-16(28-19)10-12-6-8-13(9-7-12)24(25)26/h2-9H,10H2,1H3. The molecule has 0 aliphatic carbocycles. The first-order chi connectivity index (χ1) is 13.6. The fourth-order valence-electron chi connectivity index (χ4n) is 3.17. The largest absolute Gasteiger partial charge is 0.452 e. The van der Waals surface area contributed by atoms with E-state index in [1.54, 1.807) is 16.6 Å². The van der Waals surface area contributed by atoms with Gasteiger partial charge < -0.3 is 4.42 Å². The Hall–Kier alpha value is -3.59. The molecular formula is C19H13N5O3S. The molecule has 2 aromatic carbocycles. The quantitative estimate of drug-likeness (QED) is 0.332. The number of hydrogen-bond donors (Lipinski definition) is 0. The number of non-ortho nitro benzene ring substituents is 1. The van der Waals surface area contributed by atoms with E-state index in [9.17, 15) is 10.1 Å². The molecule has 3 heterocycles. The van der Waals surface area contributed by atoms with Gasteiger partial charge in [-0.2, -0.15) is 9.61 Å². The van der Waals surface area contributed by atoms with Crippen LogP contribution in [-0.4, -0.2) is 24.7 Å². The fraction of sp³-hybridized carbons (Fsp3) is 0.105. The van der Waals surface area contributed by atoms with Crippen molar-refractivity contribution in [3.8, 4) is 11.6 Å². The van der Waals surface area contributed by atoms with E-state index in [2.05, 4.69) is 15.3 Å². The van der Waals surface area contributed by atoms with Gasteiger partial charge in [0, 0.05) is 29.5 Å². The lowest BCUT2D eigenvalue weighted by Gasteiger charge is -1.97. The lowest BCUT2D eigenvalue weighted by atomic mass is 10.1. The zero-order chi connectivity index (χ0) is 19.3. The monoisotopic (exact) mass is 391 g/mol. The van der Waals surface area contributed by atoms with E-state index in [1.165, 1.54) is 23.5 Å². The minimum atomic E-state index is -0.408. The predicted octanol–water partition coefficient (Wildman–Crippen LogP) is 4.41. The number of para-hydroxylation sites is 1. The van der Waals surface area contributed by atoms with Crippen LogP contribution in [0.1, 0.15) is 16.1 Å². The molecule has 0 aliphatic heterocycles. The van der Waals surface area contributed by atoms with Crippen molar-refractivity contribution >= 4 is 33.0 Å². The van der Waals surface area contributed by atoms with Crippen LogP contribution in [0.4, 0.5) is 5.69 Å². The second kappa shape index (κ2) is 6.24. The molecule has 0 N–H and O–H groups in total. The summed E-state index contributed by atoms with van der Waals surface area (Å²) in [5.41, 5.74) is 2.81. The van der Waals surface area contributed by atoms with Gasteiger partial charge in [0.05, 0.1) is 4.92 Å². The van der Waals surface area contributed by atoms with Gasteiger partial charge >= 0.3 is 0 Å². The Kier molecular flexibility index (Phi) is 3.69. The van der Waals surface area contributed by atoms with Crippen molar-refractivity contribution in [2.24, 2.45) is 0 Å². The van der Waals surface area contributed by atoms with Crippen LogP contribution in [0.3, 0.4) is 0 Å². The third-order valence-corrected chi connectivity index (χ3v) is 5.48. The zero-order valence-corrected chi connectivity index (χ0v) is 15.5. The topological polar surface area (TPSA) is 99.4 Å². The molecule has 8 nitrogen and oxygen atoms in total. The maximum Gasteiger partial charge on any atom is 0.269 e. The first-order valence-corrected chi connectivity index (χ1v) is 9.35. The summed E-state index contributed by atoms with van der Waals surface area (Å²) in [6.45, 7) is 1.99. The van der Waals surface area contributed by atoms with Gasteiger partial charge in [-0.25, -0.2) is 0 Å². The molecule has 0 fully saturated rings. The summed E-state index contributed by atoms with van der Waals surface area (Å²) in [7, 11) is 0. The maximum atomic E-state index is 10.8. The summed E-state index contributed by atoms with van der Waals surface area (Å²) in [6, 6.07) is 14.3. The summed E-state index contributed by atoms with van der Waals surface area (Å²) in [6.07, 6.45) is 0.560. The highest BCUT2D eigenvalue weighted by Crippen LogP contribution is 2.32. The van der Waals surface area contributed by atoms with Gasteiger partial charge in [-0.05, 0) is 18.6 Å². The molecule has 5 aromatic rings. The smallest absolute Gasteiger partial charge is 0.269 e. The third kappa shape index (κ3) is 2.64. The highest BCUT2D eigenvalue weighted by atomic mass is 32.1. The average molecular weight is 391 g/mol. The van der Waals surface area contributed by atoms with Crippen LogP contribution >= 0.6 is 11.3 Å². The van der Waals surface area contributed by atoms with Crippen LogP contribution in [0.5, 0.6) is 0 Å². The predicted molar refractivity (Wildman–Crippen MR) is 105 cm³/mol. The van der Waals surface area contributed by atoms with Crippen molar-refractivity contribution in [3.05, 3.63) is 74.8 Å². The second-order valence-electron chi connectivity index (χ2n) is 6.37.